The minimum Gasteiger partial charge on any atom is -0.462 e. The van der Waals surface area contributed by atoms with Crippen LogP contribution in [-0.4, -0.2) is 30.6 Å². The van der Waals surface area contributed by atoms with Gasteiger partial charge in [0.1, 0.15) is 9.88 Å². The van der Waals surface area contributed by atoms with E-state index in [1.165, 1.54) is 11.3 Å². The quantitative estimate of drug-likeness (QED) is 0.716. The molecule has 0 bridgehead atoms. The van der Waals surface area contributed by atoms with E-state index in [9.17, 15) is 14.4 Å². The lowest BCUT2D eigenvalue weighted by Gasteiger charge is -2.07. The fraction of sp³-hybridized carbons (Fsp3) is 0.389. The van der Waals surface area contributed by atoms with Gasteiger partial charge in [0.25, 0.3) is 0 Å². The zero-order chi connectivity index (χ0) is 19.3. The minimum atomic E-state index is -0.573. The summed E-state index contributed by atoms with van der Waals surface area (Å²) in [6, 6.07) is 3.73. The highest BCUT2D eigenvalue weighted by atomic mass is 32.1. The molecule has 0 saturated heterocycles. The monoisotopic (exact) mass is 395 g/mol. The van der Waals surface area contributed by atoms with Crippen LogP contribution in [0.15, 0.2) is 17.5 Å². The number of hydrogen-bond acceptors (Lipinski definition) is 7. The van der Waals surface area contributed by atoms with E-state index in [4.69, 9.17) is 9.47 Å². The summed E-state index contributed by atoms with van der Waals surface area (Å²) in [5.41, 5.74) is 0.651. The largest absolute Gasteiger partial charge is 0.462 e. The van der Waals surface area contributed by atoms with Crippen LogP contribution in [0.1, 0.15) is 51.2 Å². The van der Waals surface area contributed by atoms with Crippen molar-refractivity contribution in [2.45, 2.75) is 40.2 Å². The Morgan fingerprint density at radius 2 is 1.96 bits per heavy atom. The molecule has 1 N–H and O–H groups in total. The average molecular weight is 396 g/mol. The summed E-state index contributed by atoms with van der Waals surface area (Å²) in [7, 11) is 0. The zero-order valence-electron chi connectivity index (χ0n) is 15.1. The summed E-state index contributed by atoms with van der Waals surface area (Å²) < 4.78 is 10.3. The first-order chi connectivity index (χ1) is 12.3. The number of carbonyl (C=O) groups excluding carboxylic acids is 3. The van der Waals surface area contributed by atoms with Gasteiger partial charge in [0.15, 0.2) is 0 Å². The highest BCUT2D eigenvalue weighted by Gasteiger charge is 2.27. The van der Waals surface area contributed by atoms with Gasteiger partial charge in [-0.1, -0.05) is 6.07 Å². The summed E-state index contributed by atoms with van der Waals surface area (Å²) in [6.07, 6.45) is -0.0882. The number of anilines is 1. The van der Waals surface area contributed by atoms with Crippen molar-refractivity contribution in [3.63, 3.8) is 0 Å². The average Bonchev–Trinajstić information content (AvgIpc) is 3.14. The molecule has 0 unspecified atom stereocenters. The van der Waals surface area contributed by atoms with Crippen LogP contribution < -0.4 is 5.32 Å². The van der Waals surface area contributed by atoms with Gasteiger partial charge in [0.2, 0.25) is 5.91 Å². The Kier molecular flexibility index (Phi) is 6.93. The van der Waals surface area contributed by atoms with Crippen molar-refractivity contribution in [1.82, 2.24) is 0 Å². The standard InChI is InChI=1S/C18H21NO5S2/c1-5-23-17(21)14-11(4)15(18(22)24-10(2)3)26-16(14)19-13(20)9-12-7-6-8-25-12/h6-8,10H,5,9H2,1-4H3,(H,19,20). The van der Waals surface area contributed by atoms with Crippen molar-refractivity contribution in [3.05, 3.63) is 38.4 Å². The van der Waals surface area contributed by atoms with Gasteiger partial charge in [-0.2, -0.15) is 0 Å². The van der Waals surface area contributed by atoms with Gasteiger partial charge >= 0.3 is 11.9 Å². The number of carbonyl (C=O) groups is 3. The van der Waals surface area contributed by atoms with Gasteiger partial charge in [0, 0.05) is 4.88 Å². The Hall–Kier alpha value is -2.19. The molecule has 0 saturated carbocycles. The molecule has 0 aliphatic carbocycles. The topological polar surface area (TPSA) is 81.7 Å². The van der Waals surface area contributed by atoms with E-state index in [0.29, 0.717) is 10.6 Å². The van der Waals surface area contributed by atoms with Gasteiger partial charge in [-0.15, -0.1) is 22.7 Å². The lowest BCUT2D eigenvalue weighted by molar-refractivity contribution is -0.115. The van der Waals surface area contributed by atoms with E-state index in [1.807, 2.05) is 17.5 Å². The fourth-order valence-corrected chi connectivity index (χ4v) is 4.05. The van der Waals surface area contributed by atoms with Crippen LogP contribution in [0, 0.1) is 6.92 Å². The predicted molar refractivity (Wildman–Crippen MR) is 102 cm³/mol. The van der Waals surface area contributed by atoms with Gasteiger partial charge in [-0.25, -0.2) is 9.59 Å². The van der Waals surface area contributed by atoms with Crippen molar-refractivity contribution >= 4 is 45.5 Å². The number of amides is 1. The molecule has 26 heavy (non-hydrogen) atoms. The molecule has 6 nitrogen and oxygen atoms in total. The molecular weight excluding hydrogens is 374 g/mol. The normalized spacial score (nSPS) is 10.7. The highest BCUT2D eigenvalue weighted by molar-refractivity contribution is 7.18. The van der Waals surface area contributed by atoms with Crippen molar-refractivity contribution in [1.29, 1.82) is 0 Å². The highest BCUT2D eigenvalue weighted by Crippen LogP contribution is 2.34. The lowest BCUT2D eigenvalue weighted by atomic mass is 10.1. The first-order valence-electron chi connectivity index (χ1n) is 8.17. The maximum absolute atomic E-state index is 12.3. The van der Waals surface area contributed by atoms with Crippen molar-refractivity contribution in [2.75, 3.05) is 11.9 Å². The number of ether oxygens (including phenoxy) is 2. The van der Waals surface area contributed by atoms with E-state index in [2.05, 4.69) is 5.32 Å². The van der Waals surface area contributed by atoms with Crippen molar-refractivity contribution in [2.24, 2.45) is 0 Å². The number of rotatable bonds is 7. The third kappa shape index (κ3) is 4.92. The second-order valence-corrected chi connectivity index (χ2v) is 7.79. The first-order valence-corrected chi connectivity index (χ1v) is 9.86. The molecule has 2 heterocycles. The van der Waals surface area contributed by atoms with Gasteiger partial charge in [-0.05, 0) is 44.7 Å². The molecule has 140 valence electrons. The molecule has 2 rings (SSSR count). The Balaban J connectivity index is 2.31. The molecule has 2 aromatic heterocycles. The number of nitrogens with one attached hydrogen (secondary N) is 1. The first kappa shape index (κ1) is 20.1. The van der Waals surface area contributed by atoms with E-state index in [0.717, 1.165) is 16.2 Å². The van der Waals surface area contributed by atoms with Gasteiger partial charge in [0.05, 0.1) is 24.7 Å². The Bertz CT molecular complexity index is 793. The Morgan fingerprint density at radius 3 is 2.54 bits per heavy atom. The Labute approximate surface area is 160 Å². The number of thiophene rings is 2. The maximum atomic E-state index is 12.3. The van der Waals surface area contributed by atoms with E-state index in [-0.39, 0.29) is 35.5 Å². The lowest BCUT2D eigenvalue weighted by Crippen LogP contribution is -2.16. The molecule has 0 radical (unpaired) electrons. The summed E-state index contributed by atoms with van der Waals surface area (Å²) in [5.74, 6) is -1.36. The van der Waals surface area contributed by atoms with Crippen LogP contribution in [0.25, 0.3) is 0 Å². The zero-order valence-corrected chi connectivity index (χ0v) is 16.7. The van der Waals surface area contributed by atoms with Crippen molar-refractivity contribution in [3.8, 4) is 0 Å². The number of hydrogen-bond donors (Lipinski definition) is 1. The number of esters is 2. The maximum Gasteiger partial charge on any atom is 0.348 e. The fourth-order valence-electron chi connectivity index (χ4n) is 2.26. The summed E-state index contributed by atoms with van der Waals surface area (Å²) in [6.45, 7) is 7.04. The molecular formula is C18H21NO5S2. The molecule has 1 amide bonds. The third-order valence-electron chi connectivity index (χ3n) is 3.32. The molecule has 8 heteroatoms. The van der Waals surface area contributed by atoms with E-state index < -0.39 is 11.9 Å². The second-order valence-electron chi connectivity index (χ2n) is 5.74. The predicted octanol–water partition coefficient (Wildman–Crippen LogP) is 4.04. The SMILES string of the molecule is CCOC(=O)c1c(NC(=O)Cc2cccs2)sc(C(=O)OC(C)C)c1C. The third-order valence-corrected chi connectivity index (χ3v) is 5.39. The molecule has 0 atom stereocenters. The van der Waals surface area contributed by atoms with E-state index >= 15 is 0 Å². The second kappa shape index (κ2) is 8.95. The molecule has 0 aliphatic heterocycles. The van der Waals surface area contributed by atoms with Crippen LogP contribution >= 0.6 is 22.7 Å². The van der Waals surface area contributed by atoms with Crippen molar-refractivity contribution < 1.29 is 23.9 Å². The Morgan fingerprint density at radius 1 is 1.23 bits per heavy atom. The van der Waals surface area contributed by atoms with Crippen LogP contribution in [0.2, 0.25) is 0 Å². The summed E-state index contributed by atoms with van der Waals surface area (Å²) in [5, 5.41) is 4.93. The van der Waals surface area contributed by atoms with Gasteiger partial charge in [-0.3, -0.25) is 4.79 Å². The smallest absolute Gasteiger partial charge is 0.348 e. The molecule has 2 aromatic rings. The summed E-state index contributed by atoms with van der Waals surface area (Å²) >= 11 is 2.50. The molecule has 0 aromatic carbocycles. The van der Waals surface area contributed by atoms with Crippen LogP contribution in [0.3, 0.4) is 0 Å². The van der Waals surface area contributed by atoms with Crippen LogP contribution in [0.5, 0.6) is 0 Å². The molecule has 0 fully saturated rings. The molecule has 0 spiro atoms. The summed E-state index contributed by atoms with van der Waals surface area (Å²) in [4.78, 5) is 38.1. The van der Waals surface area contributed by atoms with E-state index in [1.54, 1.807) is 27.7 Å². The van der Waals surface area contributed by atoms with Crippen LogP contribution in [-0.2, 0) is 20.7 Å². The van der Waals surface area contributed by atoms with Gasteiger partial charge < -0.3 is 14.8 Å². The minimum absolute atomic E-state index is 0.197. The van der Waals surface area contributed by atoms with Crippen LogP contribution in [0.4, 0.5) is 5.00 Å². The molecule has 0 aliphatic rings.